The molecule has 0 spiro atoms. The van der Waals surface area contributed by atoms with Gasteiger partial charge in [0.1, 0.15) is 0 Å². The standard InChI is InChI=1S/2C4H7O.2ClH.H3N.O.Pt/c2*1-2-3-4-5;;;;;/h2*2-3H2,1H3;2*1H;1H3;;/q2*-1;;;;;. The fraction of sp³-hybridized carbons (Fsp3) is 0.750. The Balaban J connectivity index is -0.0000000197. The van der Waals surface area contributed by atoms with Crippen LogP contribution in [0.5, 0.6) is 0 Å². The predicted molar refractivity (Wildman–Crippen MR) is 61.4 cm³/mol. The van der Waals surface area contributed by atoms with E-state index in [1.165, 1.54) is 0 Å². The van der Waals surface area contributed by atoms with Gasteiger partial charge in [0.25, 0.3) is 0 Å². The third kappa shape index (κ3) is 115. The van der Waals surface area contributed by atoms with Crippen LogP contribution in [0, 0.1) is 0 Å². The third-order valence-corrected chi connectivity index (χ3v) is 0.704. The van der Waals surface area contributed by atoms with Gasteiger partial charge in [0.15, 0.2) is 0 Å². The van der Waals surface area contributed by atoms with Gasteiger partial charge in [-0.3, -0.25) is 12.6 Å². The van der Waals surface area contributed by atoms with Crippen LogP contribution in [0.15, 0.2) is 0 Å². The van der Waals surface area contributed by atoms with E-state index in [-0.39, 0.29) is 31.0 Å². The van der Waals surface area contributed by atoms with Crippen LogP contribution in [0.3, 0.4) is 0 Å². The van der Waals surface area contributed by atoms with E-state index >= 15 is 0 Å². The Bertz CT molecular complexity index is 90.0. The number of hydrogen-bond acceptors (Lipinski definition) is 4. The van der Waals surface area contributed by atoms with E-state index in [9.17, 15) is 9.59 Å². The summed E-state index contributed by atoms with van der Waals surface area (Å²) in [6, 6.07) is 0. The summed E-state index contributed by atoms with van der Waals surface area (Å²) in [5.41, 5.74) is 0. The summed E-state index contributed by atoms with van der Waals surface area (Å²) in [6.07, 6.45) is 6.54. The Morgan fingerprint density at radius 1 is 0.867 bits per heavy atom. The van der Waals surface area contributed by atoms with Gasteiger partial charge < -0.3 is 15.7 Å². The van der Waals surface area contributed by atoms with Crippen LogP contribution < -0.4 is 6.15 Å². The van der Waals surface area contributed by atoms with E-state index in [0.29, 0.717) is 12.8 Å². The van der Waals surface area contributed by atoms with E-state index in [0.717, 1.165) is 32.6 Å². The molecule has 0 saturated carbocycles. The van der Waals surface area contributed by atoms with Crippen molar-refractivity contribution in [1.29, 1.82) is 0 Å². The van der Waals surface area contributed by atoms with Crippen molar-refractivity contribution in [3.05, 3.63) is 0 Å². The number of unbranched alkanes of at least 4 members (excludes halogenated alkanes) is 2. The van der Waals surface area contributed by atoms with Gasteiger partial charge in [-0.25, -0.2) is 0 Å². The van der Waals surface area contributed by atoms with Gasteiger partial charge in [-0.15, -0.1) is 24.8 Å². The Labute approximate surface area is 116 Å². The van der Waals surface area contributed by atoms with Crippen LogP contribution in [0.1, 0.15) is 39.5 Å². The minimum atomic E-state index is 0. The molecular weight excluding hydrogens is 424 g/mol. The molecule has 0 heterocycles. The Hall–Kier alpha value is 0.368. The molecule has 0 atom stereocenters. The van der Waals surface area contributed by atoms with Crippen molar-refractivity contribution in [3.8, 4) is 0 Å². The van der Waals surface area contributed by atoms with E-state index in [1.54, 1.807) is 12.6 Å². The van der Waals surface area contributed by atoms with Crippen molar-refractivity contribution in [1.82, 2.24) is 6.15 Å². The number of hydrogen-bond donors (Lipinski definition) is 1. The summed E-state index contributed by atoms with van der Waals surface area (Å²) in [4.78, 5) is 18.6. The summed E-state index contributed by atoms with van der Waals surface area (Å²) in [5.74, 6) is 0. The van der Waals surface area contributed by atoms with E-state index < -0.39 is 0 Å². The maximum atomic E-state index is 9.28. The molecule has 0 unspecified atom stereocenters. The molecule has 0 amide bonds. The van der Waals surface area contributed by atoms with Crippen LogP contribution in [-0.4, -0.2) is 12.6 Å². The van der Waals surface area contributed by atoms with Crippen LogP contribution >= 0.6 is 24.8 Å². The van der Waals surface area contributed by atoms with E-state index in [2.05, 4.69) is 0 Å². The monoisotopic (exact) mass is 442 g/mol. The van der Waals surface area contributed by atoms with Crippen LogP contribution in [0.4, 0.5) is 0 Å². The second-order valence-electron chi connectivity index (χ2n) is 1.79. The van der Waals surface area contributed by atoms with Crippen molar-refractivity contribution in [2.24, 2.45) is 0 Å². The first-order valence-electron chi connectivity index (χ1n) is 3.66. The zero-order valence-corrected chi connectivity index (χ0v) is 12.8. The molecule has 0 aromatic carbocycles. The molecule has 100 valence electrons. The molecule has 0 aliphatic rings. The van der Waals surface area contributed by atoms with Gasteiger partial charge in [0, 0.05) is 0 Å². The third-order valence-electron chi connectivity index (χ3n) is 0.704. The summed E-state index contributed by atoms with van der Waals surface area (Å²) in [6.45, 7) is 3.90. The number of halogens is 2. The molecule has 0 rings (SSSR count). The van der Waals surface area contributed by atoms with Gasteiger partial charge in [-0.2, -0.15) is 12.8 Å². The summed E-state index contributed by atoms with van der Waals surface area (Å²) < 4.78 is 8.22. The van der Waals surface area contributed by atoms with Crippen LogP contribution in [0.25, 0.3) is 0 Å². The average molecular weight is 443 g/mol. The van der Waals surface area contributed by atoms with Crippen molar-refractivity contribution in [2.45, 2.75) is 39.5 Å². The first-order chi connectivity index (χ1) is 5.83. The van der Waals surface area contributed by atoms with Crippen molar-refractivity contribution < 1.29 is 32.8 Å². The van der Waals surface area contributed by atoms with Gasteiger partial charge >= 0.3 is 23.2 Å². The van der Waals surface area contributed by atoms with E-state index in [1.807, 2.05) is 13.8 Å². The molecule has 15 heavy (non-hydrogen) atoms. The summed E-state index contributed by atoms with van der Waals surface area (Å²) in [7, 11) is 0. The zero-order chi connectivity index (χ0) is 10.2. The molecule has 4 nitrogen and oxygen atoms in total. The van der Waals surface area contributed by atoms with E-state index in [4.69, 9.17) is 3.40 Å². The molecule has 3 N–H and O–H groups in total. The van der Waals surface area contributed by atoms with Gasteiger partial charge in [0.2, 0.25) is 0 Å². The number of carbonyl (C=O) groups excluding carboxylic acids is 2. The van der Waals surface area contributed by atoms with Crippen molar-refractivity contribution in [3.63, 3.8) is 0 Å². The fourth-order valence-electron chi connectivity index (χ4n) is 0.204. The van der Waals surface area contributed by atoms with Gasteiger partial charge in [0.05, 0.1) is 0 Å². The normalized spacial score (nSPS) is 5.33. The second-order valence-corrected chi connectivity index (χ2v) is 1.79. The number of rotatable bonds is 4. The maximum absolute atomic E-state index is 9.28. The molecule has 0 aromatic heterocycles. The first kappa shape index (κ1) is 36.2. The zero-order valence-electron chi connectivity index (χ0n) is 8.89. The Kier molecular flexibility index (Phi) is 153. The van der Waals surface area contributed by atoms with Gasteiger partial charge in [-0.1, -0.05) is 26.7 Å². The molecule has 0 radical (unpaired) electrons. The van der Waals surface area contributed by atoms with Crippen molar-refractivity contribution in [2.75, 3.05) is 0 Å². The second kappa shape index (κ2) is 63.3. The molecular formula is C8H19Cl2NO3Pt-2. The first-order valence-corrected chi connectivity index (χ1v) is 4.59. The molecule has 0 saturated heterocycles. The quantitative estimate of drug-likeness (QED) is 0.678. The van der Waals surface area contributed by atoms with Crippen LogP contribution in [-0.2, 0) is 32.8 Å². The molecule has 0 aliphatic heterocycles. The van der Waals surface area contributed by atoms with Crippen molar-refractivity contribution >= 4 is 37.4 Å². The summed E-state index contributed by atoms with van der Waals surface area (Å²) in [5, 5.41) is 0. The van der Waals surface area contributed by atoms with Crippen LogP contribution in [0.2, 0.25) is 0 Å². The molecule has 7 heteroatoms. The predicted octanol–water partition coefficient (Wildman–Crippen LogP) is 2.68. The molecule has 0 aliphatic carbocycles. The molecule has 0 bridgehead atoms. The molecule has 0 fully saturated rings. The Morgan fingerprint density at radius 2 is 1.07 bits per heavy atom. The summed E-state index contributed by atoms with van der Waals surface area (Å²) >= 11 is 0.889. The molecule has 0 aromatic rings. The average Bonchev–Trinajstić information content (AvgIpc) is 2.12. The SMILES string of the molecule is CCC[C-]=O.CCC[C-]=O.Cl.Cl.N.[O]=[Pt]. The van der Waals surface area contributed by atoms with Gasteiger partial charge in [-0.05, 0) is 0 Å². The Morgan fingerprint density at radius 3 is 1.07 bits per heavy atom. The topological polar surface area (TPSA) is 86.2 Å². The fourth-order valence-corrected chi connectivity index (χ4v) is 0.204. The minimum absolute atomic E-state index is 0.